The minimum atomic E-state index is 0.241. The van der Waals surface area contributed by atoms with Crippen LogP contribution in [0.3, 0.4) is 0 Å². The number of fused-ring (bicyclic) bond motifs is 3. The molecule has 0 unspecified atom stereocenters. The summed E-state index contributed by atoms with van der Waals surface area (Å²) in [6.07, 6.45) is 3.87. The van der Waals surface area contributed by atoms with Crippen LogP contribution in [-0.2, 0) is 0 Å². The smallest absolute Gasteiger partial charge is 0.140 e. The number of pyridine rings is 1. The first-order chi connectivity index (χ1) is 9.74. The van der Waals surface area contributed by atoms with Gasteiger partial charge in [0.05, 0.1) is 16.7 Å². The van der Waals surface area contributed by atoms with Gasteiger partial charge in [-0.1, -0.05) is 15.9 Å². The molecule has 2 N–H and O–H groups in total. The Hall–Kier alpha value is -1.88. The van der Waals surface area contributed by atoms with Crippen molar-refractivity contribution in [1.82, 2.24) is 9.97 Å². The number of rotatable bonds is 1. The zero-order valence-electron chi connectivity index (χ0n) is 10.7. The predicted molar refractivity (Wildman–Crippen MR) is 83.6 cm³/mol. The normalized spacial score (nSPS) is 15.2. The van der Waals surface area contributed by atoms with Gasteiger partial charge in [0.1, 0.15) is 11.4 Å². The Morgan fingerprint density at radius 2 is 2.10 bits per heavy atom. The Labute approximate surface area is 123 Å². The predicted octanol–water partition coefficient (Wildman–Crippen LogP) is 3.77. The van der Waals surface area contributed by atoms with Crippen molar-refractivity contribution in [3.05, 3.63) is 34.6 Å². The zero-order valence-corrected chi connectivity index (χ0v) is 12.2. The fourth-order valence-corrected chi connectivity index (χ4v) is 3.27. The number of halogens is 1. The van der Waals surface area contributed by atoms with Crippen LogP contribution in [0.1, 0.15) is 18.5 Å². The van der Waals surface area contributed by atoms with Crippen molar-refractivity contribution >= 4 is 43.4 Å². The average Bonchev–Trinajstić information content (AvgIpc) is 3.05. The molecule has 4 nitrogen and oxygen atoms in total. The summed E-state index contributed by atoms with van der Waals surface area (Å²) >= 11 is 3.43. The topological polar surface area (TPSA) is 61.3 Å². The maximum Gasteiger partial charge on any atom is 0.140 e. The maximum atomic E-state index is 10.1. The van der Waals surface area contributed by atoms with Gasteiger partial charge in [-0.2, -0.15) is 0 Å². The fourth-order valence-electron chi connectivity index (χ4n) is 2.83. The Morgan fingerprint density at radius 1 is 1.20 bits per heavy atom. The third kappa shape index (κ3) is 1.66. The first kappa shape index (κ1) is 11.9. The highest BCUT2D eigenvalue weighted by Crippen LogP contribution is 2.35. The van der Waals surface area contributed by atoms with Gasteiger partial charge in [0, 0.05) is 28.0 Å². The number of aromatic nitrogens is 2. The van der Waals surface area contributed by atoms with Crippen LogP contribution in [0.4, 0.5) is 0 Å². The largest absolute Gasteiger partial charge is 0.506 e. The number of aromatic hydroxyl groups is 1. The van der Waals surface area contributed by atoms with Gasteiger partial charge in [-0.05, 0) is 31.0 Å². The second kappa shape index (κ2) is 4.31. The van der Waals surface area contributed by atoms with Gasteiger partial charge >= 0.3 is 0 Å². The molecule has 2 aromatic heterocycles. The summed E-state index contributed by atoms with van der Waals surface area (Å²) in [5, 5.41) is 12.2. The number of hydrogen-bond acceptors (Lipinski definition) is 3. The summed E-state index contributed by atoms with van der Waals surface area (Å²) in [4.78, 5) is 12.3. The molecule has 0 saturated heterocycles. The molecule has 1 aliphatic heterocycles. The molecule has 0 fully saturated rings. The molecule has 0 radical (unpaired) electrons. The van der Waals surface area contributed by atoms with E-state index in [9.17, 15) is 5.11 Å². The van der Waals surface area contributed by atoms with Crippen LogP contribution in [0.25, 0.3) is 21.8 Å². The highest BCUT2D eigenvalue weighted by atomic mass is 79.9. The second-order valence-corrected chi connectivity index (χ2v) is 5.90. The average molecular weight is 330 g/mol. The molecule has 0 amide bonds. The number of nitrogens with zero attached hydrogens (tertiary/aromatic N) is 2. The number of nitrogens with one attached hydrogen (secondary N) is 1. The van der Waals surface area contributed by atoms with E-state index < -0.39 is 0 Å². The van der Waals surface area contributed by atoms with Gasteiger partial charge in [0.2, 0.25) is 0 Å². The van der Waals surface area contributed by atoms with E-state index in [4.69, 9.17) is 0 Å². The number of H-pyrrole nitrogens is 1. The van der Waals surface area contributed by atoms with Crippen LogP contribution < -0.4 is 0 Å². The second-order valence-electron chi connectivity index (χ2n) is 4.99. The lowest BCUT2D eigenvalue weighted by molar-refractivity contribution is 0.480. The van der Waals surface area contributed by atoms with Crippen molar-refractivity contribution in [3.63, 3.8) is 0 Å². The van der Waals surface area contributed by atoms with Gasteiger partial charge in [-0.15, -0.1) is 0 Å². The quantitative estimate of drug-likeness (QED) is 0.713. The lowest BCUT2D eigenvalue weighted by Gasteiger charge is -2.01. The van der Waals surface area contributed by atoms with Crippen LogP contribution in [0.5, 0.6) is 5.75 Å². The van der Waals surface area contributed by atoms with Crippen molar-refractivity contribution in [2.75, 3.05) is 6.54 Å². The number of phenolic OH excluding ortho intramolecular Hbond substituents is 1. The third-order valence-corrected chi connectivity index (χ3v) is 4.18. The van der Waals surface area contributed by atoms with Crippen molar-refractivity contribution in [2.45, 2.75) is 12.8 Å². The van der Waals surface area contributed by atoms with Crippen LogP contribution in [0, 0.1) is 0 Å². The summed E-state index contributed by atoms with van der Waals surface area (Å²) in [5.41, 5.74) is 3.67. The molecule has 0 bridgehead atoms. The van der Waals surface area contributed by atoms with E-state index in [1.165, 1.54) is 0 Å². The lowest BCUT2D eigenvalue weighted by atomic mass is 10.1. The molecule has 20 heavy (non-hydrogen) atoms. The number of hydrogen-bond donors (Lipinski definition) is 2. The van der Waals surface area contributed by atoms with Crippen LogP contribution in [-0.4, -0.2) is 27.3 Å². The summed E-state index contributed by atoms with van der Waals surface area (Å²) in [5.74, 6) is 0.241. The molecule has 5 heteroatoms. The van der Waals surface area contributed by atoms with E-state index in [1.54, 1.807) is 6.07 Å². The number of benzene rings is 1. The maximum absolute atomic E-state index is 10.1. The third-order valence-electron chi connectivity index (χ3n) is 3.72. The Bertz CT molecular complexity index is 866. The lowest BCUT2D eigenvalue weighted by Crippen LogP contribution is -2.00. The van der Waals surface area contributed by atoms with Gasteiger partial charge in [-0.25, -0.2) is 0 Å². The number of aliphatic imine (C=N–C) groups is 1. The molecule has 1 aromatic carbocycles. The van der Waals surface area contributed by atoms with E-state index in [2.05, 4.69) is 30.9 Å². The molecule has 100 valence electrons. The van der Waals surface area contributed by atoms with E-state index in [0.717, 1.165) is 57.1 Å². The highest BCUT2D eigenvalue weighted by molar-refractivity contribution is 9.10. The summed E-state index contributed by atoms with van der Waals surface area (Å²) in [6.45, 7) is 0.879. The van der Waals surface area contributed by atoms with Gasteiger partial charge < -0.3 is 10.1 Å². The van der Waals surface area contributed by atoms with Crippen molar-refractivity contribution in [1.29, 1.82) is 0 Å². The van der Waals surface area contributed by atoms with Crippen molar-refractivity contribution in [2.24, 2.45) is 4.99 Å². The van der Waals surface area contributed by atoms with Gasteiger partial charge in [-0.3, -0.25) is 9.98 Å². The molecular formula is C15H12BrN3O. The Morgan fingerprint density at radius 3 is 2.90 bits per heavy atom. The summed E-state index contributed by atoms with van der Waals surface area (Å²) in [6, 6.07) is 5.67. The first-order valence-electron chi connectivity index (χ1n) is 6.56. The molecule has 0 atom stereocenters. The first-order valence-corrected chi connectivity index (χ1v) is 7.36. The number of aromatic amines is 1. The van der Waals surface area contributed by atoms with Gasteiger partial charge in [0.15, 0.2) is 0 Å². The number of phenols is 1. The van der Waals surface area contributed by atoms with E-state index in [-0.39, 0.29) is 5.75 Å². The van der Waals surface area contributed by atoms with Crippen LogP contribution in [0.15, 0.2) is 33.9 Å². The Balaban J connectivity index is 2.11. The molecule has 0 aliphatic carbocycles. The SMILES string of the molecule is Oc1cc(Br)cc2c1[nH]c1c(C3=NCCC3)nccc12. The fraction of sp³-hybridized carbons (Fsp3) is 0.200. The minimum Gasteiger partial charge on any atom is -0.506 e. The zero-order chi connectivity index (χ0) is 13.7. The Kier molecular flexibility index (Phi) is 2.57. The molecule has 0 spiro atoms. The standard InChI is InChI=1S/C15H12BrN3O/c16-8-6-10-9-3-5-18-15(11-2-1-4-17-11)14(9)19-13(10)12(20)7-8/h3,5-7,19-20H,1-2,4H2. The van der Waals surface area contributed by atoms with Crippen molar-refractivity contribution < 1.29 is 5.11 Å². The van der Waals surface area contributed by atoms with E-state index in [1.807, 2.05) is 18.3 Å². The minimum absolute atomic E-state index is 0.241. The monoisotopic (exact) mass is 329 g/mol. The molecule has 3 aromatic rings. The van der Waals surface area contributed by atoms with E-state index >= 15 is 0 Å². The molecule has 1 aliphatic rings. The molecular weight excluding hydrogens is 318 g/mol. The highest BCUT2D eigenvalue weighted by Gasteiger charge is 2.17. The summed E-state index contributed by atoms with van der Waals surface area (Å²) in [7, 11) is 0. The van der Waals surface area contributed by atoms with E-state index in [0.29, 0.717) is 0 Å². The van der Waals surface area contributed by atoms with Gasteiger partial charge in [0.25, 0.3) is 0 Å². The van der Waals surface area contributed by atoms with Crippen LogP contribution in [0.2, 0.25) is 0 Å². The molecule has 3 heterocycles. The van der Waals surface area contributed by atoms with Crippen LogP contribution >= 0.6 is 15.9 Å². The van der Waals surface area contributed by atoms with Crippen molar-refractivity contribution in [3.8, 4) is 5.75 Å². The molecule has 0 saturated carbocycles. The summed E-state index contributed by atoms with van der Waals surface area (Å²) < 4.78 is 0.861. The molecule has 4 rings (SSSR count).